The topological polar surface area (TPSA) is 94.4 Å². The maximum absolute atomic E-state index is 13.8. The monoisotopic (exact) mass is 517 g/mol. The summed E-state index contributed by atoms with van der Waals surface area (Å²) < 4.78 is 16.9. The van der Waals surface area contributed by atoms with Crippen LogP contribution in [0.2, 0.25) is 0 Å². The maximum Gasteiger partial charge on any atom is 0.315 e. The van der Waals surface area contributed by atoms with E-state index in [9.17, 15) is 14.7 Å². The molecule has 0 amide bonds. The van der Waals surface area contributed by atoms with Gasteiger partial charge in [-0.25, -0.2) is 0 Å². The molecule has 1 heterocycles. The van der Waals surface area contributed by atoms with E-state index in [1.807, 2.05) is 25.1 Å². The number of nitrogens with zero attached hydrogens (tertiary/aromatic N) is 1. The number of esters is 1. The number of phenols is 1. The standard InChI is InChI=1S/C31H35NO6/c1-18-28(31(35)38-23-7-5-4-6-8-23)29(19-9-12-22(33)13-10-19)30-24(32-18)15-21(16-25(30)34)20-11-14-26(36-2)27(17-20)37-3/h9-14,17,21,23,28-29,33H,4-8,15-16H2,1-3H3/t21-,28?,29+/m0/s1. The van der Waals surface area contributed by atoms with Gasteiger partial charge in [0.25, 0.3) is 0 Å². The number of Topliss-reactive ketones (excluding diaryl/α,β-unsaturated/α-hetero) is 1. The summed E-state index contributed by atoms with van der Waals surface area (Å²) in [5, 5.41) is 9.91. The fourth-order valence-electron chi connectivity index (χ4n) is 6.17. The van der Waals surface area contributed by atoms with Crippen LogP contribution in [0.15, 0.2) is 58.7 Å². The molecule has 2 aliphatic carbocycles. The summed E-state index contributed by atoms with van der Waals surface area (Å²) in [5.74, 6) is -0.198. The van der Waals surface area contributed by atoms with Gasteiger partial charge < -0.3 is 19.3 Å². The van der Waals surface area contributed by atoms with E-state index in [2.05, 4.69) is 0 Å². The Morgan fingerprint density at radius 3 is 2.29 bits per heavy atom. The molecule has 0 spiro atoms. The van der Waals surface area contributed by atoms with Crippen molar-refractivity contribution in [2.24, 2.45) is 10.9 Å². The Labute approximate surface area is 223 Å². The Kier molecular flexibility index (Phi) is 7.54. The molecule has 1 fully saturated rings. The zero-order valence-corrected chi connectivity index (χ0v) is 22.2. The van der Waals surface area contributed by atoms with E-state index in [0.29, 0.717) is 35.6 Å². The summed E-state index contributed by atoms with van der Waals surface area (Å²) in [6, 6.07) is 12.5. The van der Waals surface area contributed by atoms with Crippen molar-refractivity contribution in [2.75, 3.05) is 14.2 Å². The van der Waals surface area contributed by atoms with E-state index in [-0.39, 0.29) is 29.5 Å². The summed E-state index contributed by atoms with van der Waals surface area (Å²) >= 11 is 0. The minimum absolute atomic E-state index is 0.0178. The van der Waals surface area contributed by atoms with Crippen LogP contribution in [0, 0.1) is 5.92 Å². The minimum atomic E-state index is -0.679. The predicted octanol–water partition coefficient (Wildman–Crippen LogP) is 5.86. The van der Waals surface area contributed by atoms with Gasteiger partial charge in [-0.1, -0.05) is 24.6 Å². The Bertz CT molecular complexity index is 1270. The van der Waals surface area contributed by atoms with Gasteiger partial charge in [0.1, 0.15) is 17.8 Å². The normalized spacial score (nSPS) is 23.9. The molecular weight excluding hydrogens is 482 g/mol. The number of ketones is 1. The Morgan fingerprint density at radius 1 is 0.921 bits per heavy atom. The second kappa shape index (κ2) is 11.0. The van der Waals surface area contributed by atoms with Crippen molar-refractivity contribution in [3.05, 3.63) is 64.9 Å². The van der Waals surface area contributed by atoms with Crippen LogP contribution in [0.25, 0.3) is 0 Å². The fourth-order valence-corrected chi connectivity index (χ4v) is 6.17. The smallest absolute Gasteiger partial charge is 0.315 e. The van der Waals surface area contributed by atoms with Crippen molar-refractivity contribution < 1.29 is 28.9 Å². The number of carbonyl (C=O) groups is 2. The van der Waals surface area contributed by atoms with Gasteiger partial charge in [-0.05, 0) is 80.3 Å². The van der Waals surface area contributed by atoms with E-state index in [0.717, 1.165) is 42.5 Å². The molecule has 7 heteroatoms. The number of hydrogen-bond donors (Lipinski definition) is 1. The molecule has 1 aliphatic heterocycles. The number of allylic oxidation sites excluding steroid dienone is 2. The molecule has 2 aromatic carbocycles. The number of benzene rings is 2. The first-order chi connectivity index (χ1) is 18.4. The van der Waals surface area contributed by atoms with E-state index in [1.54, 1.807) is 38.5 Å². The zero-order valence-electron chi connectivity index (χ0n) is 22.2. The molecule has 7 nitrogen and oxygen atoms in total. The lowest BCUT2D eigenvalue weighted by atomic mass is 9.69. The Balaban J connectivity index is 1.51. The molecule has 38 heavy (non-hydrogen) atoms. The van der Waals surface area contributed by atoms with Crippen LogP contribution in [-0.4, -0.2) is 42.9 Å². The first kappa shape index (κ1) is 26.0. The summed E-state index contributed by atoms with van der Waals surface area (Å²) in [4.78, 5) is 32.3. The van der Waals surface area contributed by atoms with Gasteiger partial charge in [0.15, 0.2) is 17.3 Å². The van der Waals surface area contributed by atoms with Gasteiger partial charge in [0, 0.05) is 29.3 Å². The van der Waals surface area contributed by atoms with Gasteiger partial charge in [-0.3, -0.25) is 14.6 Å². The van der Waals surface area contributed by atoms with Crippen molar-refractivity contribution in [1.29, 1.82) is 0 Å². The lowest BCUT2D eigenvalue weighted by Crippen LogP contribution is -2.39. The molecule has 1 N–H and O–H groups in total. The molecule has 3 aliphatic rings. The number of aromatic hydroxyl groups is 1. The highest BCUT2D eigenvalue weighted by molar-refractivity contribution is 6.09. The van der Waals surface area contributed by atoms with Crippen LogP contribution in [0.1, 0.15) is 74.8 Å². The SMILES string of the molecule is COc1ccc([C@@H]2CC(=O)C3=C(C2)N=C(C)C(C(=O)OC2CCCCC2)[C@H]3c2ccc(O)cc2)cc1OC. The summed E-state index contributed by atoms with van der Waals surface area (Å²) in [6.45, 7) is 1.86. The lowest BCUT2D eigenvalue weighted by Gasteiger charge is -2.37. The molecule has 200 valence electrons. The number of rotatable bonds is 6. The summed E-state index contributed by atoms with van der Waals surface area (Å²) in [5.41, 5.74) is 3.74. The van der Waals surface area contributed by atoms with E-state index in [4.69, 9.17) is 19.2 Å². The maximum atomic E-state index is 13.8. The second-order valence-corrected chi connectivity index (χ2v) is 10.5. The molecule has 0 radical (unpaired) electrons. The highest BCUT2D eigenvalue weighted by Crippen LogP contribution is 2.48. The summed E-state index contributed by atoms with van der Waals surface area (Å²) in [7, 11) is 3.19. The van der Waals surface area contributed by atoms with Crippen molar-refractivity contribution in [3.8, 4) is 17.2 Å². The van der Waals surface area contributed by atoms with E-state index in [1.165, 1.54) is 6.42 Å². The van der Waals surface area contributed by atoms with E-state index >= 15 is 0 Å². The number of aliphatic imine (C=N–C) groups is 1. The third-order valence-corrected chi connectivity index (χ3v) is 8.11. The van der Waals surface area contributed by atoms with Gasteiger partial charge >= 0.3 is 5.97 Å². The van der Waals surface area contributed by atoms with Crippen molar-refractivity contribution in [3.63, 3.8) is 0 Å². The van der Waals surface area contributed by atoms with Crippen LogP contribution in [0.5, 0.6) is 17.2 Å². The number of ether oxygens (including phenoxy) is 3. The molecule has 0 saturated heterocycles. The number of methoxy groups -OCH3 is 2. The summed E-state index contributed by atoms with van der Waals surface area (Å²) in [6.07, 6.45) is 5.83. The lowest BCUT2D eigenvalue weighted by molar-refractivity contribution is -0.153. The predicted molar refractivity (Wildman–Crippen MR) is 144 cm³/mol. The molecule has 5 rings (SSSR count). The largest absolute Gasteiger partial charge is 0.508 e. The molecule has 3 atom stereocenters. The van der Waals surface area contributed by atoms with Crippen molar-refractivity contribution >= 4 is 17.5 Å². The minimum Gasteiger partial charge on any atom is -0.508 e. The fraction of sp³-hybridized carbons (Fsp3) is 0.452. The van der Waals surface area contributed by atoms with E-state index < -0.39 is 11.8 Å². The Hall–Kier alpha value is -3.61. The van der Waals surface area contributed by atoms with Crippen LogP contribution < -0.4 is 9.47 Å². The van der Waals surface area contributed by atoms with Gasteiger partial charge in [0.05, 0.1) is 14.2 Å². The molecule has 0 aromatic heterocycles. The molecular formula is C31H35NO6. The van der Waals surface area contributed by atoms with Crippen molar-refractivity contribution in [1.82, 2.24) is 0 Å². The average Bonchev–Trinajstić information content (AvgIpc) is 2.92. The van der Waals surface area contributed by atoms with Crippen LogP contribution >= 0.6 is 0 Å². The highest BCUT2D eigenvalue weighted by Gasteiger charge is 2.45. The first-order valence-electron chi connectivity index (χ1n) is 13.4. The zero-order chi connectivity index (χ0) is 26.8. The average molecular weight is 518 g/mol. The molecule has 2 aromatic rings. The second-order valence-electron chi connectivity index (χ2n) is 10.5. The quantitative estimate of drug-likeness (QED) is 0.482. The third-order valence-electron chi connectivity index (χ3n) is 8.11. The van der Waals surface area contributed by atoms with Crippen LogP contribution in [-0.2, 0) is 14.3 Å². The van der Waals surface area contributed by atoms with Crippen LogP contribution in [0.4, 0.5) is 0 Å². The van der Waals surface area contributed by atoms with Crippen LogP contribution in [0.3, 0.4) is 0 Å². The van der Waals surface area contributed by atoms with Gasteiger partial charge in [-0.2, -0.15) is 0 Å². The first-order valence-corrected chi connectivity index (χ1v) is 13.4. The highest BCUT2D eigenvalue weighted by atomic mass is 16.5. The van der Waals surface area contributed by atoms with Crippen molar-refractivity contribution in [2.45, 2.75) is 69.8 Å². The number of carbonyl (C=O) groups excluding carboxylic acids is 2. The third kappa shape index (κ3) is 5.06. The Morgan fingerprint density at radius 2 is 1.61 bits per heavy atom. The number of phenolic OH excluding ortho intramolecular Hbond substituents is 1. The molecule has 1 unspecified atom stereocenters. The van der Waals surface area contributed by atoms with Gasteiger partial charge in [0.2, 0.25) is 0 Å². The molecule has 1 saturated carbocycles. The number of hydrogen-bond acceptors (Lipinski definition) is 7. The molecule has 0 bridgehead atoms. The van der Waals surface area contributed by atoms with Gasteiger partial charge in [-0.15, -0.1) is 0 Å².